The molecule has 4 heteroatoms. The van der Waals surface area contributed by atoms with Crippen LogP contribution < -0.4 is 9.47 Å². The zero-order valence-electron chi connectivity index (χ0n) is 11.7. The Morgan fingerprint density at radius 3 is 2.30 bits per heavy atom. The van der Waals surface area contributed by atoms with Crippen molar-refractivity contribution in [2.75, 3.05) is 21.3 Å². The fraction of sp³-hybridized carbons (Fsp3) is 0.188. The van der Waals surface area contributed by atoms with E-state index in [2.05, 4.69) is 0 Å². The molecule has 104 valence electrons. The van der Waals surface area contributed by atoms with E-state index in [1.165, 1.54) is 7.11 Å². The molecule has 2 rings (SSSR count). The molecule has 0 amide bonds. The lowest BCUT2D eigenvalue weighted by atomic mass is 9.98. The van der Waals surface area contributed by atoms with Gasteiger partial charge in [-0.15, -0.1) is 0 Å². The number of rotatable bonds is 4. The molecule has 2 aromatic carbocycles. The third kappa shape index (κ3) is 2.59. The van der Waals surface area contributed by atoms with E-state index < -0.39 is 5.97 Å². The number of hydrogen-bond acceptors (Lipinski definition) is 4. The molecule has 0 aliphatic heterocycles. The Labute approximate surface area is 117 Å². The molecule has 0 atom stereocenters. The van der Waals surface area contributed by atoms with Gasteiger partial charge in [0, 0.05) is 11.1 Å². The van der Waals surface area contributed by atoms with E-state index >= 15 is 0 Å². The van der Waals surface area contributed by atoms with Gasteiger partial charge in [-0.2, -0.15) is 0 Å². The van der Waals surface area contributed by atoms with Crippen LogP contribution in [0.2, 0.25) is 0 Å². The largest absolute Gasteiger partial charge is 0.497 e. The molecule has 0 spiro atoms. The minimum atomic E-state index is -0.412. The van der Waals surface area contributed by atoms with E-state index in [1.54, 1.807) is 26.4 Å². The van der Waals surface area contributed by atoms with Gasteiger partial charge in [0.2, 0.25) is 0 Å². The number of para-hydroxylation sites is 1. The van der Waals surface area contributed by atoms with Gasteiger partial charge >= 0.3 is 5.97 Å². The number of carbonyl (C=O) groups is 1. The molecule has 0 aliphatic carbocycles. The van der Waals surface area contributed by atoms with Gasteiger partial charge in [0.15, 0.2) is 0 Å². The van der Waals surface area contributed by atoms with Crippen LogP contribution in [0, 0.1) is 0 Å². The van der Waals surface area contributed by atoms with Crippen LogP contribution in [0.5, 0.6) is 11.5 Å². The topological polar surface area (TPSA) is 44.8 Å². The molecular weight excluding hydrogens is 256 g/mol. The molecule has 0 N–H and O–H groups in total. The highest BCUT2D eigenvalue weighted by Crippen LogP contribution is 2.34. The molecule has 0 bridgehead atoms. The predicted octanol–water partition coefficient (Wildman–Crippen LogP) is 3.16. The highest BCUT2D eigenvalue weighted by molar-refractivity contribution is 5.98. The fourth-order valence-electron chi connectivity index (χ4n) is 2.03. The summed E-state index contributed by atoms with van der Waals surface area (Å²) in [5.74, 6) is 0.886. The first-order chi connectivity index (χ1) is 9.71. The van der Waals surface area contributed by atoms with Crippen molar-refractivity contribution in [3.8, 4) is 22.6 Å². The Balaban J connectivity index is 2.63. The summed E-state index contributed by atoms with van der Waals surface area (Å²) in [7, 11) is 4.51. The van der Waals surface area contributed by atoms with E-state index in [0.29, 0.717) is 17.1 Å². The molecule has 0 saturated heterocycles. The lowest BCUT2D eigenvalue weighted by Gasteiger charge is -2.13. The van der Waals surface area contributed by atoms with E-state index in [1.807, 2.05) is 30.3 Å². The maximum absolute atomic E-state index is 12.0. The molecule has 2 aromatic rings. The average molecular weight is 272 g/mol. The van der Waals surface area contributed by atoms with Gasteiger partial charge in [0.1, 0.15) is 11.5 Å². The minimum Gasteiger partial charge on any atom is -0.497 e. The number of ether oxygens (including phenoxy) is 3. The van der Waals surface area contributed by atoms with Gasteiger partial charge in [0.25, 0.3) is 0 Å². The summed E-state index contributed by atoms with van der Waals surface area (Å²) in [5, 5.41) is 0. The van der Waals surface area contributed by atoms with E-state index in [9.17, 15) is 4.79 Å². The average Bonchev–Trinajstić information content (AvgIpc) is 2.53. The second-order valence-corrected chi connectivity index (χ2v) is 4.10. The van der Waals surface area contributed by atoms with E-state index in [-0.39, 0.29) is 0 Å². The first-order valence-corrected chi connectivity index (χ1v) is 6.11. The smallest absolute Gasteiger partial charge is 0.338 e. The molecule has 0 unspecified atom stereocenters. The minimum absolute atomic E-state index is 0.412. The van der Waals surface area contributed by atoms with Crippen LogP contribution in [-0.2, 0) is 4.74 Å². The summed E-state index contributed by atoms with van der Waals surface area (Å²) in [5.41, 5.74) is 2.02. The Morgan fingerprint density at radius 2 is 1.65 bits per heavy atom. The zero-order valence-corrected chi connectivity index (χ0v) is 11.7. The van der Waals surface area contributed by atoms with Crippen LogP contribution in [0.15, 0.2) is 42.5 Å². The molecule has 0 saturated carbocycles. The monoisotopic (exact) mass is 272 g/mol. The van der Waals surface area contributed by atoms with Gasteiger partial charge in [-0.3, -0.25) is 0 Å². The summed E-state index contributed by atoms with van der Waals surface area (Å²) in [6, 6.07) is 12.8. The first-order valence-electron chi connectivity index (χ1n) is 6.11. The Morgan fingerprint density at radius 1 is 0.900 bits per heavy atom. The molecule has 4 nitrogen and oxygen atoms in total. The quantitative estimate of drug-likeness (QED) is 0.802. The summed E-state index contributed by atoms with van der Waals surface area (Å²) >= 11 is 0. The highest BCUT2D eigenvalue weighted by Gasteiger charge is 2.17. The van der Waals surface area contributed by atoms with Crippen LogP contribution in [0.4, 0.5) is 0 Å². The third-order valence-electron chi connectivity index (χ3n) is 3.03. The van der Waals surface area contributed by atoms with Crippen molar-refractivity contribution in [1.82, 2.24) is 0 Å². The SMILES string of the molecule is COC(=O)c1cc(OC)ccc1-c1ccccc1OC. The van der Waals surface area contributed by atoms with Crippen molar-refractivity contribution in [3.05, 3.63) is 48.0 Å². The predicted molar refractivity (Wildman–Crippen MR) is 76.3 cm³/mol. The molecule has 0 radical (unpaired) electrons. The maximum Gasteiger partial charge on any atom is 0.338 e. The maximum atomic E-state index is 12.0. The molecule has 0 aromatic heterocycles. The molecule has 0 fully saturated rings. The van der Waals surface area contributed by atoms with Gasteiger partial charge in [-0.05, 0) is 24.3 Å². The number of methoxy groups -OCH3 is 3. The van der Waals surface area contributed by atoms with Gasteiger partial charge in [-0.25, -0.2) is 4.79 Å². The van der Waals surface area contributed by atoms with E-state index in [4.69, 9.17) is 14.2 Å². The standard InChI is InChI=1S/C16H16O4/c1-18-11-8-9-12(14(10-11)16(17)20-3)13-6-4-5-7-15(13)19-2/h4-10H,1-3H3. The molecule has 20 heavy (non-hydrogen) atoms. The molecular formula is C16H16O4. The number of esters is 1. The zero-order chi connectivity index (χ0) is 14.5. The van der Waals surface area contributed by atoms with Crippen molar-refractivity contribution in [2.45, 2.75) is 0 Å². The van der Waals surface area contributed by atoms with Gasteiger partial charge < -0.3 is 14.2 Å². The van der Waals surface area contributed by atoms with Gasteiger partial charge in [0.05, 0.1) is 26.9 Å². The van der Waals surface area contributed by atoms with Crippen LogP contribution in [0.3, 0.4) is 0 Å². The highest BCUT2D eigenvalue weighted by atomic mass is 16.5. The van der Waals surface area contributed by atoms with Crippen molar-refractivity contribution in [1.29, 1.82) is 0 Å². The Bertz CT molecular complexity index is 620. The molecule has 0 aliphatic rings. The summed E-state index contributed by atoms with van der Waals surface area (Å²) in [4.78, 5) is 12.0. The number of hydrogen-bond donors (Lipinski definition) is 0. The third-order valence-corrected chi connectivity index (χ3v) is 3.03. The van der Waals surface area contributed by atoms with Crippen LogP contribution in [-0.4, -0.2) is 27.3 Å². The summed E-state index contributed by atoms with van der Waals surface area (Å²) in [6.07, 6.45) is 0. The summed E-state index contributed by atoms with van der Waals surface area (Å²) < 4.78 is 15.3. The Hall–Kier alpha value is -2.49. The van der Waals surface area contributed by atoms with Crippen molar-refractivity contribution in [2.24, 2.45) is 0 Å². The first kappa shape index (κ1) is 13.9. The van der Waals surface area contributed by atoms with Crippen molar-refractivity contribution < 1.29 is 19.0 Å². The second-order valence-electron chi connectivity index (χ2n) is 4.10. The lowest BCUT2D eigenvalue weighted by Crippen LogP contribution is -2.04. The van der Waals surface area contributed by atoms with Crippen LogP contribution >= 0.6 is 0 Å². The molecule has 0 heterocycles. The van der Waals surface area contributed by atoms with Crippen molar-refractivity contribution >= 4 is 5.97 Å². The summed E-state index contributed by atoms with van der Waals surface area (Å²) in [6.45, 7) is 0. The Kier molecular flexibility index (Phi) is 4.25. The van der Waals surface area contributed by atoms with Crippen LogP contribution in [0.25, 0.3) is 11.1 Å². The number of carbonyl (C=O) groups excluding carboxylic acids is 1. The second kappa shape index (κ2) is 6.10. The normalized spacial score (nSPS) is 9.95. The van der Waals surface area contributed by atoms with Crippen molar-refractivity contribution in [3.63, 3.8) is 0 Å². The van der Waals surface area contributed by atoms with Gasteiger partial charge in [-0.1, -0.05) is 18.2 Å². The lowest BCUT2D eigenvalue weighted by molar-refractivity contribution is 0.0601. The number of benzene rings is 2. The van der Waals surface area contributed by atoms with Crippen LogP contribution in [0.1, 0.15) is 10.4 Å². The fourth-order valence-corrected chi connectivity index (χ4v) is 2.03. The van der Waals surface area contributed by atoms with E-state index in [0.717, 1.165) is 11.1 Å².